The van der Waals surface area contributed by atoms with E-state index in [1.165, 1.54) is 148 Å². The molecule has 0 aromatic carbocycles. The lowest BCUT2D eigenvalue weighted by atomic mass is 10.0. The minimum atomic E-state index is 0.0282. The molecule has 0 fully saturated rings. The molecule has 0 heterocycles. The molecule has 0 aliphatic rings. The molecule has 0 aliphatic heterocycles. The molecule has 0 amide bonds. The topological polar surface area (TPSA) is 49.8 Å². The molecule has 0 atom stereocenters. The summed E-state index contributed by atoms with van der Waals surface area (Å²) in [5.41, 5.74) is 0. The molecule has 0 saturated heterocycles. The third kappa shape index (κ3) is 37.7. The highest BCUT2D eigenvalue weighted by molar-refractivity contribution is 5.69. The summed E-state index contributed by atoms with van der Waals surface area (Å²) in [4.78, 5) is 15.1. The number of carbonyl (C=O) groups excluding carboxylic acids is 1. The van der Waals surface area contributed by atoms with E-state index in [1.54, 1.807) is 0 Å². The fourth-order valence-corrected chi connectivity index (χ4v) is 6.51. The Morgan fingerprint density at radius 3 is 1.61 bits per heavy atom. The molecular weight excluding hydrogens is 602 g/mol. The second-order valence-electron chi connectivity index (χ2n) is 14.6. The highest BCUT2D eigenvalue weighted by Crippen LogP contribution is 2.18. The highest BCUT2D eigenvalue weighted by Gasteiger charge is 2.14. The van der Waals surface area contributed by atoms with Crippen LogP contribution in [0.5, 0.6) is 0 Å². The van der Waals surface area contributed by atoms with E-state index in [-0.39, 0.29) is 18.7 Å². The van der Waals surface area contributed by atoms with Crippen LogP contribution in [0.25, 0.3) is 0 Å². The van der Waals surface area contributed by atoms with Gasteiger partial charge in [-0.3, -0.25) is 4.79 Å². The molecule has 4 nitrogen and oxygen atoms in total. The van der Waals surface area contributed by atoms with Gasteiger partial charge in [-0.05, 0) is 90.1 Å². The van der Waals surface area contributed by atoms with Crippen LogP contribution in [0, 0.1) is 0 Å². The van der Waals surface area contributed by atoms with Crippen LogP contribution in [-0.4, -0.2) is 48.3 Å². The van der Waals surface area contributed by atoms with Gasteiger partial charge in [-0.2, -0.15) is 0 Å². The maximum atomic E-state index is 12.7. The Kier molecular flexibility index (Phi) is 39.9. The first-order chi connectivity index (χ1) is 24.2. The van der Waals surface area contributed by atoms with Crippen molar-refractivity contribution < 1.29 is 14.6 Å². The summed E-state index contributed by atoms with van der Waals surface area (Å²) in [6.45, 7) is 9.98. The number of ether oxygens (including phenoxy) is 1. The standard InChI is InChI=1S/C45H85NO3/c1-4-7-10-13-16-17-18-19-20-21-22-23-24-25-30-35-40-46(42-43-47)41-36-31-26-29-34-39-45(48)49-44(37-32-27-14-11-8-5-2)38-33-28-15-12-9-6-3/h16-17,19-22,44,47H,4-15,18,23-43H2,1-3H3/b17-16+,20-19-,22-21+. The van der Waals surface area contributed by atoms with Crippen molar-refractivity contribution in [3.8, 4) is 0 Å². The summed E-state index contributed by atoms with van der Waals surface area (Å²) in [5.74, 6) is 0.0282. The zero-order valence-corrected chi connectivity index (χ0v) is 33.3. The Labute approximate surface area is 307 Å². The van der Waals surface area contributed by atoms with E-state index in [1.807, 2.05) is 0 Å². The third-order valence-corrected chi connectivity index (χ3v) is 9.72. The van der Waals surface area contributed by atoms with Crippen molar-refractivity contribution in [2.24, 2.45) is 0 Å². The fraction of sp³-hybridized carbons (Fsp3) is 0.844. The van der Waals surface area contributed by atoms with Gasteiger partial charge in [0, 0.05) is 13.0 Å². The molecule has 288 valence electrons. The molecule has 0 spiro atoms. The Hall–Kier alpha value is -1.39. The van der Waals surface area contributed by atoms with E-state index in [9.17, 15) is 9.90 Å². The summed E-state index contributed by atoms with van der Waals surface area (Å²) in [5, 5.41) is 9.54. The lowest BCUT2D eigenvalue weighted by molar-refractivity contribution is -0.150. The third-order valence-electron chi connectivity index (χ3n) is 9.72. The van der Waals surface area contributed by atoms with Gasteiger partial charge in [0.1, 0.15) is 6.10 Å². The smallest absolute Gasteiger partial charge is 0.306 e. The van der Waals surface area contributed by atoms with E-state index in [0.717, 1.165) is 58.2 Å². The minimum absolute atomic E-state index is 0.0282. The average Bonchev–Trinajstić information content (AvgIpc) is 3.10. The quantitative estimate of drug-likeness (QED) is 0.0302. The predicted molar refractivity (Wildman–Crippen MR) is 216 cm³/mol. The van der Waals surface area contributed by atoms with Crippen molar-refractivity contribution in [1.82, 2.24) is 4.90 Å². The Bertz CT molecular complexity index is 730. The largest absolute Gasteiger partial charge is 0.462 e. The lowest BCUT2D eigenvalue weighted by Gasteiger charge is -2.21. The summed E-state index contributed by atoms with van der Waals surface area (Å²) in [6, 6.07) is 0. The number of allylic oxidation sites excluding steroid dienone is 6. The summed E-state index contributed by atoms with van der Waals surface area (Å²) in [6.07, 6.45) is 49.8. The molecule has 4 heteroatoms. The molecule has 0 saturated carbocycles. The van der Waals surface area contributed by atoms with Gasteiger partial charge in [0.15, 0.2) is 0 Å². The van der Waals surface area contributed by atoms with Gasteiger partial charge in [-0.15, -0.1) is 0 Å². The Morgan fingerprint density at radius 2 is 1.00 bits per heavy atom. The van der Waals surface area contributed by atoms with Gasteiger partial charge in [-0.1, -0.05) is 166 Å². The van der Waals surface area contributed by atoms with Gasteiger partial charge < -0.3 is 14.7 Å². The Morgan fingerprint density at radius 1 is 0.531 bits per heavy atom. The predicted octanol–water partition coefficient (Wildman–Crippen LogP) is 13.6. The van der Waals surface area contributed by atoms with Crippen molar-refractivity contribution in [3.63, 3.8) is 0 Å². The number of aliphatic hydroxyl groups is 1. The minimum Gasteiger partial charge on any atom is -0.462 e. The van der Waals surface area contributed by atoms with Gasteiger partial charge in [-0.25, -0.2) is 0 Å². The highest BCUT2D eigenvalue weighted by atomic mass is 16.5. The molecule has 0 rings (SSSR count). The second-order valence-corrected chi connectivity index (χ2v) is 14.6. The molecule has 0 aromatic heterocycles. The maximum Gasteiger partial charge on any atom is 0.306 e. The number of unbranched alkanes of at least 4 members (excludes halogenated alkanes) is 21. The van der Waals surface area contributed by atoms with E-state index >= 15 is 0 Å². The first-order valence-corrected chi connectivity index (χ1v) is 21.7. The maximum absolute atomic E-state index is 12.7. The van der Waals surface area contributed by atoms with Crippen LogP contribution in [0.1, 0.15) is 213 Å². The van der Waals surface area contributed by atoms with Crippen molar-refractivity contribution in [1.29, 1.82) is 0 Å². The average molecular weight is 688 g/mol. The van der Waals surface area contributed by atoms with Crippen molar-refractivity contribution in [2.45, 2.75) is 219 Å². The number of hydrogen-bond donors (Lipinski definition) is 1. The normalized spacial score (nSPS) is 12.2. The number of aliphatic hydroxyl groups excluding tert-OH is 1. The number of nitrogens with zero attached hydrogens (tertiary/aromatic N) is 1. The first-order valence-electron chi connectivity index (χ1n) is 21.7. The molecule has 0 aromatic rings. The van der Waals surface area contributed by atoms with E-state index in [2.05, 4.69) is 62.1 Å². The summed E-state index contributed by atoms with van der Waals surface area (Å²) >= 11 is 0. The van der Waals surface area contributed by atoms with Gasteiger partial charge in [0.25, 0.3) is 0 Å². The molecule has 0 radical (unpaired) electrons. The fourth-order valence-electron chi connectivity index (χ4n) is 6.51. The van der Waals surface area contributed by atoms with Crippen LogP contribution in [0.15, 0.2) is 36.5 Å². The van der Waals surface area contributed by atoms with Crippen molar-refractivity contribution in [2.75, 3.05) is 26.2 Å². The van der Waals surface area contributed by atoms with Crippen LogP contribution >= 0.6 is 0 Å². The van der Waals surface area contributed by atoms with E-state index in [0.29, 0.717) is 6.42 Å². The van der Waals surface area contributed by atoms with Crippen LogP contribution < -0.4 is 0 Å². The first kappa shape index (κ1) is 47.6. The zero-order valence-electron chi connectivity index (χ0n) is 33.3. The molecule has 1 N–H and O–H groups in total. The molecule has 0 unspecified atom stereocenters. The van der Waals surface area contributed by atoms with Crippen molar-refractivity contribution >= 4 is 5.97 Å². The van der Waals surface area contributed by atoms with Crippen molar-refractivity contribution in [3.05, 3.63) is 36.5 Å². The Balaban J connectivity index is 3.99. The number of carbonyl (C=O) groups is 1. The summed E-state index contributed by atoms with van der Waals surface area (Å²) < 4.78 is 6.02. The molecular formula is C45H85NO3. The van der Waals surface area contributed by atoms with E-state index < -0.39 is 0 Å². The number of rotatable bonds is 39. The van der Waals surface area contributed by atoms with Crippen LogP contribution in [0.3, 0.4) is 0 Å². The van der Waals surface area contributed by atoms with Gasteiger partial charge in [0.05, 0.1) is 6.61 Å². The molecule has 0 bridgehead atoms. The van der Waals surface area contributed by atoms with E-state index in [4.69, 9.17) is 4.74 Å². The van der Waals surface area contributed by atoms with Gasteiger partial charge in [0.2, 0.25) is 0 Å². The molecule has 49 heavy (non-hydrogen) atoms. The number of hydrogen-bond acceptors (Lipinski definition) is 4. The second kappa shape index (κ2) is 41.0. The monoisotopic (exact) mass is 688 g/mol. The molecule has 0 aliphatic carbocycles. The SMILES string of the molecule is CCCCC/C=C/C/C=C\C=C\CCCCCCN(CCO)CCCCCCCC(=O)OC(CCCCCCCC)CCCCCCCC. The number of esters is 1. The van der Waals surface area contributed by atoms with Crippen LogP contribution in [0.2, 0.25) is 0 Å². The zero-order chi connectivity index (χ0) is 35.7. The summed E-state index contributed by atoms with van der Waals surface area (Å²) in [7, 11) is 0. The lowest BCUT2D eigenvalue weighted by Crippen LogP contribution is -2.29. The van der Waals surface area contributed by atoms with Crippen LogP contribution in [0.4, 0.5) is 0 Å². The van der Waals surface area contributed by atoms with Gasteiger partial charge >= 0.3 is 5.97 Å². The van der Waals surface area contributed by atoms with Crippen LogP contribution in [-0.2, 0) is 9.53 Å².